The van der Waals surface area contributed by atoms with Crippen molar-refractivity contribution < 1.29 is 10.0 Å². The minimum Gasteiger partial charge on any atom is -0.409 e. The number of nitrogens with zero attached hydrogens (tertiary/aromatic N) is 1. The molecule has 0 saturated heterocycles. The third-order valence-corrected chi connectivity index (χ3v) is 3.93. The van der Waals surface area contributed by atoms with E-state index in [2.05, 4.69) is 49.0 Å². The van der Waals surface area contributed by atoms with Crippen molar-refractivity contribution in [2.24, 2.45) is 10.9 Å². The molecule has 0 saturated carbocycles. The molecule has 1 amide bonds. The zero-order valence-corrected chi connectivity index (χ0v) is 14.4. The van der Waals surface area contributed by atoms with Gasteiger partial charge in [-0.15, -0.1) is 0 Å². The maximum Gasteiger partial charge on any atom is 0.255 e. The molecule has 108 valence electrons. The van der Waals surface area contributed by atoms with E-state index in [4.69, 9.17) is 10.9 Å². The van der Waals surface area contributed by atoms with Gasteiger partial charge in [0.05, 0.1) is 5.69 Å². The summed E-state index contributed by atoms with van der Waals surface area (Å²) in [6.07, 6.45) is 0. The van der Waals surface area contributed by atoms with Crippen LogP contribution >= 0.6 is 38.5 Å². The number of amidine groups is 1. The molecule has 2 rings (SSSR count). The average molecular weight is 460 g/mol. The Balaban J connectivity index is 2.31. The Labute approximate surface area is 143 Å². The molecular weight excluding hydrogens is 449 g/mol. The number of anilines is 1. The summed E-state index contributed by atoms with van der Waals surface area (Å²) >= 11 is 5.48. The van der Waals surface area contributed by atoms with Gasteiger partial charge in [-0.2, -0.15) is 0 Å². The summed E-state index contributed by atoms with van der Waals surface area (Å²) < 4.78 is 1.81. The molecule has 0 atom stereocenters. The van der Waals surface area contributed by atoms with Crippen molar-refractivity contribution in [2.75, 3.05) is 5.32 Å². The zero-order valence-electron chi connectivity index (χ0n) is 10.7. The molecule has 0 radical (unpaired) electrons. The molecule has 0 aromatic heterocycles. The largest absolute Gasteiger partial charge is 0.409 e. The molecule has 4 N–H and O–H groups in total. The number of hydrogen-bond donors (Lipinski definition) is 3. The lowest BCUT2D eigenvalue weighted by Gasteiger charge is -2.11. The number of hydrogen-bond acceptors (Lipinski definition) is 3. The molecule has 0 unspecified atom stereocenters. The van der Waals surface area contributed by atoms with E-state index >= 15 is 0 Å². The van der Waals surface area contributed by atoms with E-state index in [0.717, 1.165) is 8.04 Å². The molecule has 0 aliphatic rings. The van der Waals surface area contributed by atoms with Gasteiger partial charge in [-0.25, -0.2) is 0 Å². The topological polar surface area (TPSA) is 87.7 Å². The van der Waals surface area contributed by atoms with Crippen LogP contribution in [0.15, 0.2) is 52.1 Å². The fraction of sp³-hybridized carbons (Fsp3) is 0. The van der Waals surface area contributed by atoms with Crippen LogP contribution in [0.1, 0.15) is 15.9 Å². The van der Waals surface area contributed by atoms with Gasteiger partial charge in [0.25, 0.3) is 5.91 Å². The lowest BCUT2D eigenvalue weighted by atomic mass is 10.1. The number of carbonyl (C=O) groups is 1. The first-order valence-electron chi connectivity index (χ1n) is 5.85. The summed E-state index contributed by atoms with van der Waals surface area (Å²) in [4.78, 5) is 12.2. The summed E-state index contributed by atoms with van der Waals surface area (Å²) in [5.74, 6) is -0.338. The third kappa shape index (κ3) is 3.94. The van der Waals surface area contributed by atoms with E-state index in [0.29, 0.717) is 16.8 Å². The highest BCUT2D eigenvalue weighted by Gasteiger charge is 2.12. The SMILES string of the molecule is N/C(=N/O)c1cc(Br)ccc1NC(=O)c1ccc(I)cc1. The van der Waals surface area contributed by atoms with Crippen LogP contribution < -0.4 is 11.1 Å². The fourth-order valence-electron chi connectivity index (χ4n) is 1.69. The highest BCUT2D eigenvalue weighted by atomic mass is 127. The Morgan fingerprint density at radius 2 is 1.90 bits per heavy atom. The first kappa shape index (κ1) is 15.8. The fourth-order valence-corrected chi connectivity index (χ4v) is 2.41. The number of carbonyl (C=O) groups excluding carboxylic acids is 1. The standard InChI is InChI=1S/C14H11BrIN3O2/c15-9-3-6-12(11(7-9)13(17)19-21)18-14(20)8-1-4-10(16)5-2-8/h1-7,21H,(H2,17,19)(H,18,20). The number of nitrogens with two attached hydrogens (primary N) is 1. The number of halogens is 2. The predicted molar refractivity (Wildman–Crippen MR) is 93.8 cm³/mol. The Bertz CT molecular complexity index is 702. The Morgan fingerprint density at radius 1 is 1.24 bits per heavy atom. The van der Waals surface area contributed by atoms with E-state index in [1.165, 1.54) is 0 Å². The van der Waals surface area contributed by atoms with Gasteiger partial charge in [-0.05, 0) is 65.1 Å². The number of benzene rings is 2. The van der Waals surface area contributed by atoms with Gasteiger partial charge in [0.1, 0.15) is 0 Å². The van der Waals surface area contributed by atoms with Gasteiger partial charge < -0.3 is 16.3 Å². The molecule has 0 bridgehead atoms. The normalized spacial score (nSPS) is 11.2. The highest BCUT2D eigenvalue weighted by molar-refractivity contribution is 14.1. The van der Waals surface area contributed by atoms with Crippen molar-refractivity contribution in [2.45, 2.75) is 0 Å². The maximum absolute atomic E-state index is 12.2. The van der Waals surface area contributed by atoms with Gasteiger partial charge in [0, 0.05) is 19.2 Å². The summed E-state index contributed by atoms with van der Waals surface area (Å²) in [6.45, 7) is 0. The summed E-state index contributed by atoms with van der Waals surface area (Å²) in [7, 11) is 0. The minimum absolute atomic E-state index is 0.0748. The van der Waals surface area contributed by atoms with Crippen LogP contribution in [-0.2, 0) is 0 Å². The minimum atomic E-state index is -0.263. The van der Waals surface area contributed by atoms with Crippen LogP contribution in [0.25, 0.3) is 0 Å². The lowest BCUT2D eigenvalue weighted by Crippen LogP contribution is -2.19. The second kappa shape index (κ2) is 6.90. The molecular formula is C14H11BrIN3O2. The molecule has 5 nitrogen and oxygen atoms in total. The van der Waals surface area contributed by atoms with Crippen molar-refractivity contribution in [3.63, 3.8) is 0 Å². The third-order valence-electron chi connectivity index (χ3n) is 2.72. The smallest absolute Gasteiger partial charge is 0.255 e. The van der Waals surface area contributed by atoms with Gasteiger partial charge >= 0.3 is 0 Å². The average Bonchev–Trinajstić information content (AvgIpc) is 2.48. The van der Waals surface area contributed by atoms with Crippen LogP contribution in [0.4, 0.5) is 5.69 Å². The second-order valence-electron chi connectivity index (χ2n) is 4.14. The van der Waals surface area contributed by atoms with E-state index < -0.39 is 0 Å². The molecule has 7 heteroatoms. The van der Waals surface area contributed by atoms with Crippen LogP contribution in [-0.4, -0.2) is 17.0 Å². The molecule has 0 aliphatic carbocycles. The Kier molecular flexibility index (Phi) is 5.18. The molecule has 0 aliphatic heterocycles. The van der Waals surface area contributed by atoms with Gasteiger partial charge in [0.15, 0.2) is 5.84 Å². The Morgan fingerprint density at radius 3 is 2.52 bits per heavy atom. The molecule has 0 fully saturated rings. The van der Waals surface area contributed by atoms with E-state index in [-0.39, 0.29) is 11.7 Å². The molecule has 0 heterocycles. The molecule has 2 aromatic rings. The number of amides is 1. The van der Waals surface area contributed by atoms with Gasteiger partial charge in [-0.3, -0.25) is 4.79 Å². The first-order valence-corrected chi connectivity index (χ1v) is 7.73. The molecule has 21 heavy (non-hydrogen) atoms. The predicted octanol–water partition coefficient (Wildman–Crippen LogP) is 3.40. The summed E-state index contributed by atoms with van der Waals surface area (Å²) in [5, 5.41) is 14.5. The number of oxime groups is 1. The van der Waals surface area contributed by atoms with Gasteiger partial charge in [-0.1, -0.05) is 21.1 Å². The second-order valence-corrected chi connectivity index (χ2v) is 6.30. The van der Waals surface area contributed by atoms with Crippen molar-refractivity contribution in [1.82, 2.24) is 0 Å². The number of nitrogens with one attached hydrogen (secondary N) is 1. The van der Waals surface area contributed by atoms with Crippen LogP contribution in [0.2, 0.25) is 0 Å². The van der Waals surface area contributed by atoms with Crippen molar-refractivity contribution in [3.05, 3.63) is 61.6 Å². The summed E-state index contributed by atoms with van der Waals surface area (Å²) in [5.41, 5.74) is 7.06. The first-order chi connectivity index (χ1) is 10.0. The summed E-state index contributed by atoms with van der Waals surface area (Å²) in [6, 6.07) is 12.3. The van der Waals surface area contributed by atoms with Crippen LogP contribution in [0.3, 0.4) is 0 Å². The van der Waals surface area contributed by atoms with Crippen LogP contribution in [0.5, 0.6) is 0 Å². The van der Waals surface area contributed by atoms with Crippen LogP contribution in [0, 0.1) is 3.57 Å². The zero-order chi connectivity index (χ0) is 15.4. The maximum atomic E-state index is 12.2. The number of rotatable bonds is 3. The van der Waals surface area contributed by atoms with Crippen molar-refractivity contribution in [3.8, 4) is 0 Å². The Hall–Kier alpha value is -1.61. The highest BCUT2D eigenvalue weighted by Crippen LogP contribution is 2.22. The molecule has 0 spiro atoms. The lowest BCUT2D eigenvalue weighted by molar-refractivity contribution is 0.102. The van der Waals surface area contributed by atoms with E-state index in [1.807, 2.05) is 12.1 Å². The van der Waals surface area contributed by atoms with Crippen molar-refractivity contribution in [1.29, 1.82) is 0 Å². The van der Waals surface area contributed by atoms with E-state index in [1.54, 1.807) is 30.3 Å². The monoisotopic (exact) mass is 459 g/mol. The molecule has 2 aromatic carbocycles. The van der Waals surface area contributed by atoms with E-state index in [9.17, 15) is 4.79 Å². The van der Waals surface area contributed by atoms with Gasteiger partial charge in [0.2, 0.25) is 0 Å². The quantitative estimate of drug-likeness (QED) is 0.216. The van der Waals surface area contributed by atoms with Crippen molar-refractivity contribution >= 4 is 56.0 Å².